The van der Waals surface area contributed by atoms with Gasteiger partial charge in [0.1, 0.15) is 16.9 Å². The van der Waals surface area contributed by atoms with Crippen LogP contribution in [0.3, 0.4) is 0 Å². The highest BCUT2D eigenvalue weighted by Crippen LogP contribution is 2.26. The molecule has 66 valence electrons. The van der Waals surface area contributed by atoms with Gasteiger partial charge in [0, 0.05) is 13.1 Å². The van der Waals surface area contributed by atoms with Gasteiger partial charge in [0.15, 0.2) is 0 Å². The number of nitrogens with zero attached hydrogens (tertiary/aromatic N) is 2. The van der Waals surface area contributed by atoms with E-state index in [1.54, 1.807) is 6.33 Å². The largest absolute Gasteiger partial charge is 0.365 e. The lowest BCUT2D eigenvalue weighted by Gasteiger charge is -2.31. The standard InChI is InChI=1S/C7H11N3OS/c1-7(4-8-2-3-11-7)6-9-5-10-12-6/h5,8H,2-4H2,1H3. The molecule has 0 spiro atoms. The van der Waals surface area contributed by atoms with Gasteiger partial charge in [0.05, 0.1) is 6.61 Å². The molecule has 1 fully saturated rings. The zero-order chi connectivity index (χ0) is 8.44. The fraction of sp³-hybridized carbons (Fsp3) is 0.714. The lowest BCUT2D eigenvalue weighted by Crippen LogP contribution is -2.45. The minimum Gasteiger partial charge on any atom is -0.365 e. The molecule has 1 saturated heterocycles. The highest BCUT2D eigenvalue weighted by atomic mass is 32.1. The van der Waals surface area contributed by atoms with Crippen LogP contribution < -0.4 is 5.32 Å². The maximum absolute atomic E-state index is 5.66. The van der Waals surface area contributed by atoms with Crippen molar-refractivity contribution in [2.75, 3.05) is 19.7 Å². The van der Waals surface area contributed by atoms with E-state index in [9.17, 15) is 0 Å². The third kappa shape index (κ3) is 1.35. The van der Waals surface area contributed by atoms with Crippen molar-refractivity contribution in [1.82, 2.24) is 14.7 Å². The summed E-state index contributed by atoms with van der Waals surface area (Å²) in [6.07, 6.45) is 1.57. The molecule has 0 aliphatic carbocycles. The Kier molecular flexibility index (Phi) is 2.08. The molecular formula is C7H11N3OS. The van der Waals surface area contributed by atoms with E-state index in [4.69, 9.17) is 4.74 Å². The summed E-state index contributed by atoms with van der Waals surface area (Å²) in [7, 11) is 0. The molecule has 1 aliphatic heterocycles. The predicted octanol–water partition coefficient (Wildman–Crippen LogP) is 0.373. The molecule has 0 amide bonds. The van der Waals surface area contributed by atoms with Crippen LogP contribution in [-0.2, 0) is 10.3 Å². The molecule has 1 aliphatic rings. The number of aromatic nitrogens is 2. The van der Waals surface area contributed by atoms with Crippen LogP contribution in [0.5, 0.6) is 0 Å². The molecule has 1 aromatic heterocycles. The molecule has 0 radical (unpaired) electrons. The molecule has 2 heterocycles. The van der Waals surface area contributed by atoms with Crippen molar-refractivity contribution in [3.63, 3.8) is 0 Å². The number of hydrogen-bond donors (Lipinski definition) is 1. The van der Waals surface area contributed by atoms with Gasteiger partial charge in [0.25, 0.3) is 0 Å². The quantitative estimate of drug-likeness (QED) is 0.687. The van der Waals surface area contributed by atoms with Gasteiger partial charge in [-0.1, -0.05) is 0 Å². The lowest BCUT2D eigenvalue weighted by atomic mass is 10.1. The zero-order valence-corrected chi connectivity index (χ0v) is 7.73. The smallest absolute Gasteiger partial charge is 0.146 e. The van der Waals surface area contributed by atoms with Crippen molar-refractivity contribution in [2.24, 2.45) is 0 Å². The van der Waals surface area contributed by atoms with Gasteiger partial charge in [-0.25, -0.2) is 4.98 Å². The topological polar surface area (TPSA) is 47.0 Å². The van der Waals surface area contributed by atoms with Gasteiger partial charge >= 0.3 is 0 Å². The van der Waals surface area contributed by atoms with Crippen LogP contribution in [0.1, 0.15) is 11.9 Å². The summed E-state index contributed by atoms with van der Waals surface area (Å²) in [6.45, 7) is 4.53. The molecule has 5 heteroatoms. The maximum Gasteiger partial charge on any atom is 0.146 e. The van der Waals surface area contributed by atoms with E-state index in [1.807, 2.05) is 6.92 Å². The molecule has 12 heavy (non-hydrogen) atoms. The number of ether oxygens (including phenoxy) is 1. The third-order valence-corrected chi connectivity index (χ3v) is 2.89. The highest BCUT2D eigenvalue weighted by Gasteiger charge is 2.32. The van der Waals surface area contributed by atoms with E-state index in [2.05, 4.69) is 14.7 Å². The van der Waals surface area contributed by atoms with Crippen LogP contribution in [0.2, 0.25) is 0 Å². The van der Waals surface area contributed by atoms with Gasteiger partial charge in [-0.3, -0.25) is 0 Å². The van der Waals surface area contributed by atoms with E-state index < -0.39 is 0 Å². The Morgan fingerprint density at radius 2 is 2.67 bits per heavy atom. The zero-order valence-electron chi connectivity index (χ0n) is 6.91. The summed E-state index contributed by atoms with van der Waals surface area (Å²) in [5.74, 6) is 0. The number of morpholine rings is 1. The molecule has 0 aromatic carbocycles. The minimum atomic E-state index is -0.264. The normalized spacial score (nSPS) is 30.4. The van der Waals surface area contributed by atoms with Crippen molar-refractivity contribution in [2.45, 2.75) is 12.5 Å². The second kappa shape index (κ2) is 3.08. The number of hydrogen-bond acceptors (Lipinski definition) is 5. The van der Waals surface area contributed by atoms with E-state index in [0.29, 0.717) is 0 Å². The van der Waals surface area contributed by atoms with Gasteiger partial charge in [0.2, 0.25) is 0 Å². The van der Waals surface area contributed by atoms with Crippen molar-refractivity contribution < 1.29 is 4.74 Å². The Bertz CT molecular complexity index is 243. The van der Waals surface area contributed by atoms with Crippen LogP contribution in [0, 0.1) is 0 Å². The summed E-state index contributed by atoms with van der Waals surface area (Å²) >= 11 is 1.40. The molecule has 1 atom stereocenters. The van der Waals surface area contributed by atoms with E-state index in [-0.39, 0.29) is 5.60 Å². The Labute approximate surface area is 75.1 Å². The molecule has 1 aromatic rings. The first-order valence-corrected chi connectivity index (χ1v) is 4.70. The van der Waals surface area contributed by atoms with Crippen LogP contribution in [-0.4, -0.2) is 29.1 Å². The van der Waals surface area contributed by atoms with E-state index in [1.165, 1.54) is 11.5 Å². The highest BCUT2D eigenvalue weighted by molar-refractivity contribution is 7.05. The van der Waals surface area contributed by atoms with E-state index in [0.717, 1.165) is 24.7 Å². The Morgan fingerprint density at radius 3 is 3.25 bits per heavy atom. The van der Waals surface area contributed by atoms with Crippen molar-refractivity contribution >= 4 is 11.5 Å². The summed E-state index contributed by atoms with van der Waals surface area (Å²) < 4.78 is 9.62. The first kappa shape index (κ1) is 8.10. The average Bonchev–Trinajstić information content (AvgIpc) is 2.58. The lowest BCUT2D eigenvalue weighted by molar-refractivity contribution is -0.0573. The Morgan fingerprint density at radius 1 is 1.75 bits per heavy atom. The summed E-state index contributed by atoms with van der Waals surface area (Å²) in [6, 6.07) is 0. The van der Waals surface area contributed by atoms with E-state index >= 15 is 0 Å². The van der Waals surface area contributed by atoms with Gasteiger partial charge in [-0.15, -0.1) is 0 Å². The van der Waals surface area contributed by atoms with Crippen LogP contribution >= 0.6 is 11.5 Å². The molecular weight excluding hydrogens is 174 g/mol. The summed E-state index contributed by atoms with van der Waals surface area (Å²) in [5, 5.41) is 4.23. The van der Waals surface area contributed by atoms with Crippen LogP contribution in [0.4, 0.5) is 0 Å². The Balaban J connectivity index is 2.19. The van der Waals surface area contributed by atoms with Crippen molar-refractivity contribution in [3.05, 3.63) is 11.3 Å². The molecule has 1 N–H and O–H groups in total. The third-order valence-electron chi connectivity index (χ3n) is 1.98. The maximum atomic E-state index is 5.66. The fourth-order valence-electron chi connectivity index (χ4n) is 1.27. The molecule has 2 rings (SSSR count). The van der Waals surface area contributed by atoms with Gasteiger partial charge < -0.3 is 10.1 Å². The molecule has 0 bridgehead atoms. The monoisotopic (exact) mass is 185 g/mol. The average molecular weight is 185 g/mol. The van der Waals surface area contributed by atoms with Crippen molar-refractivity contribution in [3.8, 4) is 0 Å². The van der Waals surface area contributed by atoms with Gasteiger partial charge in [-0.05, 0) is 18.5 Å². The van der Waals surface area contributed by atoms with Crippen LogP contribution in [0.15, 0.2) is 6.33 Å². The molecule has 4 nitrogen and oxygen atoms in total. The fourth-order valence-corrected chi connectivity index (χ4v) is 1.88. The minimum absolute atomic E-state index is 0.264. The number of rotatable bonds is 1. The Hall–Kier alpha value is -0.520. The second-order valence-corrected chi connectivity index (χ2v) is 3.78. The second-order valence-electron chi connectivity index (χ2n) is 3.00. The molecule has 1 unspecified atom stereocenters. The van der Waals surface area contributed by atoms with Crippen molar-refractivity contribution in [1.29, 1.82) is 0 Å². The number of nitrogens with one attached hydrogen (secondary N) is 1. The summed E-state index contributed by atoms with van der Waals surface area (Å²) in [4.78, 5) is 4.15. The predicted molar refractivity (Wildman–Crippen MR) is 46.1 cm³/mol. The first-order valence-electron chi connectivity index (χ1n) is 3.93. The SMILES string of the molecule is CC1(c2ncns2)CNCCO1. The first-order chi connectivity index (χ1) is 5.81. The molecule has 0 saturated carbocycles. The van der Waals surface area contributed by atoms with Gasteiger partial charge in [-0.2, -0.15) is 4.37 Å². The van der Waals surface area contributed by atoms with Crippen LogP contribution in [0.25, 0.3) is 0 Å². The summed E-state index contributed by atoms with van der Waals surface area (Å²) in [5.41, 5.74) is -0.264.